The molecule has 150 valence electrons. The van der Waals surface area contributed by atoms with Crippen molar-refractivity contribution in [2.24, 2.45) is 0 Å². The molecular formula is C24H20N2O3S. The average molecular weight is 417 g/mol. The van der Waals surface area contributed by atoms with Crippen molar-refractivity contribution in [2.45, 2.75) is 13.5 Å². The summed E-state index contributed by atoms with van der Waals surface area (Å²) >= 11 is 1.53. The second-order valence-corrected chi connectivity index (χ2v) is 7.38. The van der Waals surface area contributed by atoms with Crippen LogP contribution >= 0.6 is 11.3 Å². The molecule has 0 saturated heterocycles. The van der Waals surface area contributed by atoms with Gasteiger partial charge in [0.15, 0.2) is 5.75 Å². The molecule has 0 radical (unpaired) electrons. The van der Waals surface area contributed by atoms with Crippen molar-refractivity contribution < 1.29 is 14.3 Å². The number of rotatable bonds is 7. The molecule has 0 saturated carbocycles. The number of ether oxygens (including phenoxy) is 2. The SMILES string of the molecule is Cc1ccc(Oc2ccccc2NC(=O)c2ccc(OCc3cscn3)cc2)cc1. The van der Waals surface area contributed by atoms with Gasteiger partial charge in [0.25, 0.3) is 5.91 Å². The van der Waals surface area contributed by atoms with Gasteiger partial charge < -0.3 is 14.8 Å². The number of aromatic nitrogens is 1. The molecule has 6 heteroatoms. The molecule has 0 fully saturated rings. The van der Waals surface area contributed by atoms with E-state index < -0.39 is 0 Å². The van der Waals surface area contributed by atoms with Gasteiger partial charge in [0.05, 0.1) is 16.9 Å². The standard InChI is InChI=1S/C24H20N2O3S/c1-17-6-10-21(11-7-17)29-23-5-3-2-4-22(23)26-24(27)18-8-12-20(13-9-18)28-14-19-15-30-16-25-19/h2-13,15-16H,14H2,1H3,(H,26,27). The lowest BCUT2D eigenvalue weighted by atomic mass is 10.2. The zero-order valence-electron chi connectivity index (χ0n) is 16.4. The molecule has 0 bridgehead atoms. The van der Waals surface area contributed by atoms with Crippen LogP contribution in [0.1, 0.15) is 21.6 Å². The van der Waals surface area contributed by atoms with Crippen LogP contribution < -0.4 is 14.8 Å². The molecule has 4 rings (SSSR count). The fourth-order valence-electron chi connectivity index (χ4n) is 2.76. The van der Waals surface area contributed by atoms with Gasteiger partial charge >= 0.3 is 0 Å². The van der Waals surface area contributed by atoms with Gasteiger partial charge in [0, 0.05) is 10.9 Å². The molecule has 0 aliphatic heterocycles. The van der Waals surface area contributed by atoms with Gasteiger partial charge in [0.2, 0.25) is 0 Å². The van der Waals surface area contributed by atoms with Crippen LogP contribution in [0.25, 0.3) is 0 Å². The van der Waals surface area contributed by atoms with Crippen LogP contribution in [-0.2, 0) is 6.61 Å². The highest BCUT2D eigenvalue weighted by atomic mass is 32.1. The van der Waals surface area contributed by atoms with Crippen molar-refractivity contribution in [1.82, 2.24) is 4.98 Å². The molecule has 0 aliphatic carbocycles. The van der Waals surface area contributed by atoms with Crippen LogP contribution in [0.3, 0.4) is 0 Å². The molecule has 4 aromatic rings. The predicted molar refractivity (Wildman–Crippen MR) is 119 cm³/mol. The van der Waals surface area contributed by atoms with Gasteiger partial charge in [-0.1, -0.05) is 29.8 Å². The summed E-state index contributed by atoms with van der Waals surface area (Å²) in [5.41, 5.74) is 4.94. The summed E-state index contributed by atoms with van der Waals surface area (Å²) in [6, 6.07) is 22.1. The second kappa shape index (κ2) is 9.24. The first-order chi connectivity index (χ1) is 14.7. The van der Waals surface area contributed by atoms with E-state index in [1.807, 2.05) is 60.8 Å². The first kappa shape index (κ1) is 19.7. The maximum absolute atomic E-state index is 12.7. The average Bonchev–Trinajstić information content (AvgIpc) is 3.29. The molecule has 1 aromatic heterocycles. The maximum atomic E-state index is 12.7. The number of para-hydroxylation sites is 2. The highest BCUT2D eigenvalue weighted by Crippen LogP contribution is 2.30. The number of benzene rings is 3. The topological polar surface area (TPSA) is 60.5 Å². The molecule has 30 heavy (non-hydrogen) atoms. The van der Waals surface area contributed by atoms with Crippen molar-refractivity contribution in [3.63, 3.8) is 0 Å². The fraction of sp³-hybridized carbons (Fsp3) is 0.0833. The Hall–Kier alpha value is -3.64. The molecule has 5 nitrogen and oxygen atoms in total. The van der Waals surface area contributed by atoms with Gasteiger partial charge in [-0.05, 0) is 55.5 Å². The maximum Gasteiger partial charge on any atom is 0.255 e. The van der Waals surface area contributed by atoms with E-state index in [0.29, 0.717) is 35.1 Å². The highest BCUT2D eigenvalue weighted by molar-refractivity contribution is 7.07. The third-order valence-corrected chi connectivity index (χ3v) is 5.01. The van der Waals surface area contributed by atoms with E-state index in [0.717, 1.165) is 11.3 Å². The summed E-state index contributed by atoms with van der Waals surface area (Å²) in [6.07, 6.45) is 0. The number of anilines is 1. The summed E-state index contributed by atoms with van der Waals surface area (Å²) in [5.74, 6) is 1.76. The van der Waals surface area contributed by atoms with Crippen LogP contribution in [0.4, 0.5) is 5.69 Å². The first-order valence-electron chi connectivity index (χ1n) is 9.42. The van der Waals surface area contributed by atoms with E-state index in [-0.39, 0.29) is 5.91 Å². The summed E-state index contributed by atoms with van der Waals surface area (Å²) in [7, 11) is 0. The summed E-state index contributed by atoms with van der Waals surface area (Å²) in [5, 5.41) is 4.86. The number of amides is 1. The third-order valence-electron chi connectivity index (χ3n) is 4.37. The number of thiazole rings is 1. The molecule has 0 atom stereocenters. The zero-order valence-corrected chi connectivity index (χ0v) is 17.2. The lowest BCUT2D eigenvalue weighted by Gasteiger charge is -2.13. The molecule has 0 aliphatic rings. The van der Waals surface area contributed by atoms with Gasteiger partial charge in [-0.2, -0.15) is 0 Å². The number of hydrogen-bond acceptors (Lipinski definition) is 5. The number of hydrogen-bond donors (Lipinski definition) is 1. The Kier molecular flexibility index (Phi) is 6.06. The van der Waals surface area contributed by atoms with E-state index in [2.05, 4.69) is 10.3 Å². The zero-order chi connectivity index (χ0) is 20.8. The number of nitrogens with one attached hydrogen (secondary N) is 1. The van der Waals surface area contributed by atoms with Gasteiger partial charge in [-0.25, -0.2) is 4.98 Å². The van der Waals surface area contributed by atoms with Crippen molar-refractivity contribution >= 4 is 22.9 Å². The second-order valence-electron chi connectivity index (χ2n) is 6.66. The number of carbonyl (C=O) groups is 1. The number of aryl methyl sites for hydroxylation is 1. The number of nitrogens with zero attached hydrogens (tertiary/aromatic N) is 1. The van der Waals surface area contributed by atoms with Crippen LogP contribution in [0.15, 0.2) is 83.7 Å². The van der Waals surface area contributed by atoms with E-state index in [9.17, 15) is 4.79 Å². The predicted octanol–water partition coefficient (Wildman–Crippen LogP) is 6.08. The Morgan fingerprint density at radius 3 is 2.43 bits per heavy atom. The minimum absolute atomic E-state index is 0.221. The lowest BCUT2D eigenvalue weighted by Crippen LogP contribution is -2.12. The molecule has 0 unspecified atom stereocenters. The molecule has 1 heterocycles. The largest absolute Gasteiger partial charge is 0.487 e. The highest BCUT2D eigenvalue weighted by Gasteiger charge is 2.11. The van der Waals surface area contributed by atoms with Crippen LogP contribution in [0.5, 0.6) is 17.2 Å². The van der Waals surface area contributed by atoms with Gasteiger partial charge in [0.1, 0.15) is 18.1 Å². The van der Waals surface area contributed by atoms with Crippen LogP contribution in [0.2, 0.25) is 0 Å². The van der Waals surface area contributed by atoms with E-state index in [1.165, 1.54) is 11.3 Å². The minimum Gasteiger partial charge on any atom is -0.487 e. The van der Waals surface area contributed by atoms with Crippen molar-refractivity contribution in [3.05, 3.63) is 101 Å². The van der Waals surface area contributed by atoms with E-state index in [4.69, 9.17) is 9.47 Å². The quantitative estimate of drug-likeness (QED) is 0.397. The van der Waals surface area contributed by atoms with Gasteiger partial charge in [-0.15, -0.1) is 11.3 Å². The normalized spacial score (nSPS) is 10.4. The fourth-order valence-corrected chi connectivity index (χ4v) is 3.30. The summed E-state index contributed by atoms with van der Waals surface area (Å²) in [6.45, 7) is 2.42. The number of carbonyl (C=O) groups excluding carboxylic acids is 1. The molecule has 3 aromatic carbocycles. The van der Waals surface area contributed by atoms with Crippen molar-refractivity contribution in [1.29, 1.82) is 0 Å². The Balaban J connectivity index is 1.41. The lowest BCUT2D eigenvalue weighted by molar-refractivity contribution is 0.102. The Labute approximate surface area is 178 Å². The Morgan fingerprint density at radius 2 is 1.70 bits per heavy atom. The monoisotopic (exact) mass is 416 g/mol. The van der Waals surface area contributed by atoms with E-state index in [1.54, 1.807) is 29.8 Å². The third kappa shape index (κ3) is 5.04. The molecule has 0 spiro atoms. The Bertz CT molecular complexity index is 1110. The van der Waals surface area contributed by atoms with Gasteiger partial charge in [-0.3, -0.25) is 4.79 Å². The molecular weight excluding hydrogens is 396 g/mol. The molecule has 1 amide bonds. The van der Waals surface area contributed by atoms with E-state index >= 15 is 0 Å². The van der Waals surface area contributed by atoms with Crippen molar-refractivity contribution in [3.8, 4) is 17.2 Å². The van der Waals surface area contributed by atoms with Crippen molar-refractivity contribution in [2.75, 3.05) is 5.32 Å². The minimum atomic E-state index is -0.221. The first-order valence-corrected chi connectivity index (χ1v) is 10.4. The Morgan fingerprint density at radius 1 is 0.967 bits per heavy atom. The molecule has 1 N–H and O–H groups in total. The van der Waals surface area contributed by atoms with Crippen LogP contribution in [-0.4, -0.2) is 10.9 Å². The van der Waals surface area contributed by atoms with Crippen LogP contribution in [0, 0.1) is 6.92 Å². The summed E-state index contributed by atoms with van der Waals surface area (Å²) < 4.78 is 11.6. The summed E-state index contributed by atoms with van der Waals surface area (Å²) in [4.78, 5) is 16.9. The smallest absolute Gasteiger partial charge is 0.255 e.